The van der Waals surface area contributed by atoms with Gasteiger partial charge in [0.2, 0.25) is 4.77 Å². The summed E-state index contributed by atoms with van der Waals surface area (Å²) in [4.78, 5) is 0. The predicted octanol–water partition coefficient (Wildman–Crippen LogP) is 7.51. The van der Waals surface area contributed by atoms with Crippen LogP contribution in [0.15, 0.2) is 23.3 Å². The first-order chi connectivity index (χ1) is 14.6. The number of rotatable bonds is 14. The number of aromatic nitrogens is 3. The number of ether oxygens (including phenoxy) is 1. The first-order valence-corrected chi connectivity index (χ1v) is 12.0. The van der Waals surface area contributed by atoms with Crippen LogP contribution < -0.4 is 4.74 Å². The number of aromatic amines is 1. The molecular weight excluding hydrogens is 416 g/mol. The highest BCUT2D eigenvalue weighted by molar-refractivity contribution is 7.71. The molecule has 30 heavy (non-hydrogen) atoms. The molecule has 2 aromatic rings. The van der Waals surface area contributed by atoms with E-state index in [-0.39, 0.29) is 0 Å². The summed E-state index contributed by atoms with van der Waals surface area (Å²) in [6, 6.07) is 5.71. The summed E-state index contributed by atoms with van der Waals surface area (Å²) in [5, 5.41) is 12.3. The molecule has 0 aliphatic rings. The van der Waals surface area contributed by atoms with Crippen LogP contribution in [0.5, 0.6) is 5.75 Å². The summed E-state index contributed by atoms with van der Waals surface area (Å²) in [5.41, 5.74) is 0.818. The normalized spacial score (nSPS) is 11.6. The molecule has 0 fully saturated rings. The van der Waals surface area contributed by atoms with Crippen LogP contribution in [0.3, 0.4) is 0 Å². The number of hydrogen-bond donors (Lipinski definition) is 1. The van der Waals surface area contributed by atoms with Gasteiger partial charge >= 0.3 is 0 Å². The molecule has 0 atom stereocenters. The minimum atomic E-state index is 0.313. The molecule has 2 rings (SSSR count). The Labute approximate surface area is 190 Å². The monoisotopic (exact) mass is 450 g/mol. The van der Waals surface area contributed by atoms with Gasteiger partial charge in [-0.15, -0.1) is 0 Å². The van der Waals surface area contributed by atoms with Crippen molar-refractivity contribution in [1.29, 1.82) is 0 Å². The van der Waals surface area contributed by atoms with Gasteiger partial charge in [0.15, 0.2) is 5.82 Å². The smallest absolute Gasteiger partial charge is 0.216 e. The Balaban J connectivity index is 1.90. The molecule has 0 bridgehead atoms. The van der Waals surface area contributed by atoms with Crippen molar-refractivity contribution < 1.29 is 4.74 Å². The molecule has 0 saturated carbocycles. The fourth-order valence-electron chi connectivity index (χ4n) is 3.40. The molecule has 0 aliphatic carbocycles. The van der Waals surface area contributed by atoms with Crippen LogP contribution in [-0.4, -0.2) is 27.7 Å². The van der Waals surface area contributed by atoms with Crippen molar-refractivity contribution in [3.63, 3.8) is 0 Å². The Morgan fingerprint density at radius 3 is 2.50 bits per heavy atom. The maximum absolute atomic E-state index is 6.45. The fourth-order valence-corrected chi connectivity index (χ4v) is 3.81. The average Bonchev–Trinajstić information content (AvgIpc) is 3.10. The van der Waals surface area contributed by atoms with E-state index in [1.807, 2.05) is 18.2 Å². The number of hydrogen-bond acceptors (Lipinski definition) is 4. The third-order valence-electron chi connectivity index (χ3n) is 5.33. The average molecular weight is 451 g/mol. The third-order valence-corrected chi connectivity index (χ3v) is 5.92. The third kappa shape index (κ3) is 7.55. The largest absolute Gasteiger partial charge is 0.494 e. The van der Waals surface area contributed by atoms with Gasteiger partial charge < -0.3 is 4.74 Å². The maximum Gasteiger partial charge on any atom is 0.216 e. The van der Waals surface area contributed by atoms with Crippen molar-refractivity contribution in [2.24, 2.45) is 5.10 Å². The highest BCUT2D eigenvalue weighted by atomic mass is 35.5. The van der Waals surface area contributed by atoms with Crippen molar-refractivity contribution in [3.8, 4) is 5.75 Å². The van der Waals surface area contributed by atoms with E-state index in [1.165, 1.54) is 38.5 Å². The quantitative estimate of drug-likeness (QED) is 0.184. The molecule has 1 heterocycles. The number of halogens is 1. The Hall–Kier alpha value is -1.66. The number of benzene rings is 1. The van der Waals surface area contributed by atoms with Crippen molar-refractivity contribution in [3.05, 3.63) is 39.4 Å². The minimum Gasteiger partial charge on any atom is -0.494 e. The molecule has 0 radical (unpaired) electrons. The van der Waals surface area contributed by atoms with Crippen LogP contribution in [-0.2, 0) is 0 Å². The lowest BCUT2D eigenvalue weighted by molar-refractivity contribution is 0.304. The summed E-state index contributed by atoms with van der Waals surface area (Å²) in [6.07, 6.45) is 12.6. The fraction of sp³-hybridized carbons (Fsp3) is 0.609. The summed E-state index contributed by atoms with van der Waals surface area (Å²) in [5.74, 6) is 1.96. The SMILES string of the molecule is CCCCCCCCCOc1ccc(/C=N\n2c(C(CC)CC)n[nH]c2=S)c(Cl)c1. The first kappa shape index (κ1) is 24.6. The van der Waals surface area contributed by atoms with Crippen molar-refractivity contribution >= 4 is 30.0 Å². The lowest BCUT2D eigenvalue weighted by Crippen LogP contribution is -2.05. The van der Waals surface area contributed by atoms with Crippen molar-refractivity contribution in [2.45, 2.75) is 84.5 Å². The highest BCUT2D eigenvalue weighted by Crippen LogP contribution is 2.23. The minimum absolute atomic E-state index is 0.313. The Morgan fingerprint density at radius 2 is 1.83 bits per heavy atom. The van der Waals surface area contributed by atoms with Gasteiger partial charge in [-0.1, -0.05) is 70.9 Å². The van der Waals surface area contributed by atoms with Crippen LogP contribution in [0.2, 0.25) is 5.02 Å². The van der Waals surface area contributed by atoms with E-state index in [4.69, 9.17) is 28.6 Å². The second kappa shape index (κ2) is 13.6. The van der Waals surface area contributed by atoms with Gasteiger partial charge in [-0.3, -0.25) is 5.10 Å². The molecule has 166 valence electrons. The first-order valence-electron chi connectivity index (χ1n) is 11.2. The van der Waals surface area contributed by atoms with Gasteiger partial charge in [-0.25, -0.2) is 0 Å². The van der Waals surface area contributed by atoms with Gasteiger partial charge in [0, 0.05) is 11.5 Å². The van der Waals surface area contributed by atoms with E-state index < -0.39 is 0 Å². The zero-order valence-corrected chi connectivity index (χ0v) is 20.1. The van der Waals surface area contributed by atoms with Gasteiger partial charge in [-0.05, 0) is 49.7 Å². The summed E-state index contributed by atoms with van der Waals surface area (Å²) in [6.45, 7) is 7.25. The van der Waals surface area contributed by atoms with Gasteiger partial charge in [0.25, 0.3) is 0 Å². The lowest BCUT2D eigenvalue weighted by Gasteiger charge is -2.10. The van der Waals surface area contributed by atoms with Crippen LogP contribution in [0.1, 0.15) is 95.9 Å². The molecular formula is C23H35ClN4OS. The number of H-pyrrole nitrogens is 1. The standard InChI is InChI=1S/C23H35ClN4OS/c1-4-7-8-9-10-11-12-15-29-20-14-13-19(21(24)16-20)17-25-28-22(18(5-2)6-3)26-27-23(28)30/h13-14,16-18H,4-12,15H2,1-3H3,(H,27,30)/b25-17-. The molecule has 5 nitrogen and oxygen atoms in total. The molecule has 0 aliphatic heterocycles. The van der Waals surface area contributed by atoms with Crippen LogP contribution >= 0.6 is 23.8 Å². The number of nitrogens with one attached hydrogen (secondary N) is 1. The molecule has 1 aromatic carbocycles. The van der Waals surface area contributed by atoms with E-state index in [0.29, 0.717) is 15.7 Å². The summed E-state index contributed by atoms with van der Waals surface area (Å²) >= 11 is 11.8. The highest BCUT2D eigenvalue weighted by Gasteiger charge is 2.15. The van der Waals surface area contributed by atoms with E-state index in [0.717, 1.165) is 43.0 Å². The Bertz CT molecular complexity index is 842. The maximum atomic E-state index is 6.45. The number of unbranched alkanes of at least 4 members (excludes halogenated alkanes) is 6. The summed E-state index contributed by atoms with van der Waals surface area (Å²) in [7, 11) is 0. The lowest BCUT2D eigenvalue weighted by atomic mass is 10.0. The second-order valence-electron chi connectivity index (χ2n) is 7.61. The molecule has 7 heteroatoms. The predicted molar refractivity (Wildman–Crippen MR) is 129 cm³/mol. The molecule has 0 saturated heterocycles. The van der Waals surface area contributed by atoms with Gasteiger partial charge in [0.1, 0.15) is 5.75 Å². The van der Waals surface area contributed by atoms with E-state index >= 15 is 0 Å². The van der Waals surface area contributed by atoms with E-state index in [9.17, 15) is 0 Å². The van der Waals surface area contributed by atoms with Crippen molar-refractivity contribution in [1.82, 2.24) is 14.9 Å². The zero-order valence-electron chi connectivity index (χ0n) is 18.5. The number of nitrogens with zero attached hydrogens (tertiary/aromatic N) is 3. The molecule has 0 amide bonds. The molecule has 1 aromatic heterocycles. The van der Waals surface area contributed by atoms with Gasteiger partial charge in [-0.2, -0.15) is 14.9 Å². The molecule has 0 spiro atoms. The van der Waals surface area contributed by atoms with E-state index in [1.54, 1.807) is 10.9 Å². The molecule has 0 unspecified atom stereocenters. The van der Waals surface area contributed by atoms with Crippen LogP contribution in [0.25, 0.3) is 0 Å². The van der Waals surface area contributed by atoms with Crippen LogP contribution in [0.4, 0.5) is 0 Å². The van der Waals surface area contributed by atoms with E-state index in [2.05, 4.69) is 36.1 Å². The van der Waals surface area contributed by atoms with Gasteiger partial charge in [0.05, 0.1) is 17.8 Å². The zero-order chi connectivity index (χ0) is 21.8. The summed E-state index contributed by atoms with van der Waals surface area (Å²) < 4.78 is 8.03. The Morgan fingerprint density at radius 1 is 1.13 bits per heavy atom. The molecule has 1 N–H and O–H groups in total. The van der Waals surface area contributed by atoms with Crippen LogP contribution in [0, 0.1) is 4.77 Å². The second-order valence-corrected chi connectivity index (χ2v) is 8.40. The Kier molecular flexibility index (Phi) is 11.2. The topological polar surface area (TPSA) is 55.2 Å². The van der Waals surface area contributed by atoms with Crippen molar-refractivity contribution in [2.75, 3.05) is 6.61 Å².